The quantitative estimate of drug-likeness (QED) is 0.837. The van der Waals surface area contributed by atoms with Crippen molar-refractivity contribution in [2.45, 2.75) is 24.4 Å². The highest BCUT2D eigenvalue weighted by molar-refractivity contribution is 6.42. The molecule has 2 aromatic rings. The lowest BCUT2D eigenvalue weighted by molar-refractivity contribution is 0.405. The van der Waals surface area contributed by atoms with E-state index in [1.165, 1.54) is 0 Å². The minimum absolute atomic E-state index is 0.0469. The van der Waals surface area contributed by atoms with Gasteiger partial charge in [-0.15, -0.1) is 0 Å². The molecule has 2 aromatic carbocycles. The summed E-state index contributed by atoms with van der Waals surface area (Å²) in [6.45, 7) is 0. The maximum absolute atomic E-state index is 6.72. The molecule has 0 heterocycles. The number of hydrogen-bond donors (Lipinski definition) is 2. The monoisotopic (exact) mass is 306 g/mol. The summed E-state index contributed by atoms with van der Waals surface area (Å²) in [4.78, 5) is 0. The molecule has 3 rings (SSSR count). The number of halogens is 2. The van der Waals surface area contributed by atoms with Gasteiger partial charge in [0.2, 0.25) is 0 Å². The van der Waals surface area contributed by atoms with Crippen molar-refractivity contribution < 1.29 is 0 Å². The van der Waals surface area contributed by atoms with E-state index in [0.29, 0.717) is 10.0 Å². The predicted octanol–water partition coefficient (Wildman–Crippen LogP) is 3.99. The lowest BCUT2D eigenvalue weighted by Crippen LogP contribution is -2.43. The number of nitrogens with two attached hydrogens (primary N) is 2. The Morgan fingerprint density at radius 3 is 2.55 bits per heavy atom. The first-order valence-corrected chi connectivity index (χ1v) is 7.37. The van der Waals surface area contributed by atoms with Crippen molar-refractivity contribution >= 4 is 23.2 Å². The Morgan fingerprint density at radius 2 is 1.80 bits per heavy atom. The SMILES string of the molecule is NC1CCC(N)(c2ccc(Cl)c(Cl)c2)c2ccccc21. The van der Waals surface area contributed by atoms with Gasteiger partial charge in [0.05, 0.1) is 15.6 Å². The molecule has 0 radical (unpaired) electrons. The fraction of sp³-hybridized carbons (Fsp3) is 0.250. The molecule has 0 saturated carbocycles. The van der Waals surface area contributed by atoms with Gasteiger partial charge in [0, 0.05) is 6.04 Å². The fourth-order valence-corrected chi connectivity index (χ4v) is 3.27. The highest BCUT2D eigenvalue weighted by Gasteiger charge is 2.37. The van der Waals surface area contributed by atoms with Crippen molar-refractivity contribution in [2.75, 3.05) is 0 Å². The summed E-state index contributed by atoms with van der Waals surface area (Å²) in [7, 11) is 0. The molecule has 2 atom stereocenters. The Balaban J connectivity index is 2.17. The van der Waals surface area contributed by atoms with E-state index in [1.807, 2.05) is 24.3 Å². The molecule has 2 unspecified atom stereocenters. The number of benzene rings is 2. The number of rotatable bonds is 1. The van der Waals surface area contributed by atoms with Gasteiger partial charge in [0.1, 0.15) is 0 Å². The van der Waals surface area contributed by atoms with E-state index in [9.17, 15) is 0 Å². The van der Waals surface area contributed by atoms with Crippen LogP contribution in [0.1, 0.15) is 35.6 Å². The summed E-state index contributed by atoms with van der Waals surface area (Å²) in [5.74, 6) is 0. The lowest BCUT2D eigenvalue weighted by Gasteiger charge is -2.39. The molecule has 0 bridgehead atoms. The van der Waals surface area contributed by atoms with E-state index in [-0.39, 0.29) is 6.04 Å². The summed E-state index contributed by atoms with van der Waals surface area (Å²) < 4.78 is 0. The van der Waals surface area contributed by atoms with E-state index in [0.717, 1.165) is 29.5 Å². The third kappa shape index (κ3) is 2.13. The topological polar surface area (TPSA) is 52.0 Å². The normalized spacial score (nSPS) is 25.3. The van der Waals surface area contributed by atoms with Crippen LogP contribution in [0.5, 0.6) is 0 Å². The zero-order chi connectivity index (χ0) is 14.3. The predicted molar refractivity (Wildman–Crippen MR) is 84.0 cm³/mol. The first-order chi connectivity index (χ1) is 9.52. The number of hydrogen-bond acceptors (Lipinski definition) is 2. The van der Waals surface area contributed by atoms with Crippen LogP contribution in [0, 0.1) is 0 Å². The second kappa shape index (κ2) is 5.05. The van der Waals surface area contributed by atoms with Crippen molar-refractivity contribution in [3.63, 3.8) is 0 Å². The second-order valence-corrected chi connectivity index (χ2v) is 6.15. The maximum atomic E-state index is 6.72. The number of fused-ring (bicyclic) bond motifs is 1. The van der Waals surface area contributed by atoms with Crippen molar-refractivity contribution in [1.29, 1.82) is 0 Å². The van der Waals surface area contributed by atoms with E-state index in [4.69, 9.17) is 34.7 Å². The second-order valence-electron chi connectivity index (χ2n) is 5.33. The van der Waals surface area contributed by atoms with Gasteiger partial charge in [0.15, 0.2) is 0 Å². The summed E-state index contributed by atoms with van der Waals surface area (Å²) in [6, 6.07) is 13.8. The van der Waals surface area contributed by atoms with Crippen LogP contribution in [0.15, 0.2) is 42.5 Å². The largest absolute Gasteiger partial charge is 0.324 e. The van der Waals surface area contributed by atoms with Gasteiger partial charge < -0.3 is 11.5 Å². The third-order valence-electron chi connectivity index (χ3n) is 4.13. The van der Waals surface area contributed by atoms with E-state index in [1.54, 1.807) is 6.07 Å². The molecule has 0 aromatic heterocycles. The van der Waals surface area contributed by atoms with Crippen molar-refractivity contribution in [3.05, 3.63) is 69.2 Å². The fourth-order valence-electron chi connectivity index (χ4n) is 2.97. The molecule has 1 aliphatic rings. The Kier molecular flexibility index (Phi) is 3.51. The first-order valence-electron chi connectivity index (χ1n) is 6.62. The smallest absolute Gasteiger partial charge is 0.0670 e. The highest BCUT2D eigenvalue weighted by Crippen LogP contribution is 2.42. The van der Waals surface area contributed by atoms with Gasteiger partial charge in [-0.1, -0.05) is 53.5 Å². The van der Waals surface area contributed by atoms with Crippen LogP contribution in [0.2, 0.25) is 10.0 Å². The minimum Gasteiger partial charge on any atom is -0.324 e. The van der Waals surface area contributed by atoms with Crippen LogP contribution in [-0.2, 0) is 5.54 Å². The van der Waals surface area contributed by atoms with Gasteiger partial charge in [-0.05, 0) is 41.7 Å². The zero-order valence-corrected chi connectivity index (χ0v) is 12.5. The van der Waals surface area contributed by atoms with Crippen LogP contribution in [0.4, 0.5) is 0 Å². The maximum Gasteiger partial charge on any atom is 0.0670 e. The average Bonchev–Trinajstić information content (AvgIpc) is 2.46. The molecular formula is C16H16Cl2N2. The summed E-state index contributed by atoms with van der Waals surface area (Å²) >= 11 is 12.1. The van der Waals surface area contributed by atoms with E-state index >= 15 is 0 Å². The van der Waals surface area contributed by atoms with Crippen LogP contribution in [0.3, 0.4) is 0 Å². The van der Waals surface area contributed by atoms with Gasteiger partial charge in [0.25, 0.3) is 0 Å². The molecular weight excluding hydrogens is 291 g/mol. The Labute approximate surface area is 128 Å². The van der Waals surface area contributed by atoms with Crippen LogP contribution in [0.25, 0.3) is 0 Å². The summed E-state index contributed by atoms with van der Waals surface area (Å²) in [5, 5.41) is 1.07. The molecule has 0 amide bonds. The van der Waals surface area contributed by atoms with E-state index in [2.05, 4.69) is 12.1 Å². The van der Waals surface area contributed by atoms with Crippen LogP contribution < -0.4 is 11.5 Å². The van der Waals surface area contributed by atoms with Crippen molar-refractivity contribution in [1.82, 2.24) is 0 Å². The molecule has 2 nitrogen and oxygen atoms in total. The summed E-state index contributed by atoms with van der Waals surface area (Å²) in [5.41, 5.74) is 15.5. The highest BCUT2D eigenvalue weighted by atomic mass is 35.5. The van der Waals surface area contributed by atoms with Gasteiger partial charge >= 0.3 is 0 Å². The summed E-state index contributed by atoms with van der Waals surface area (Å²) in [6.07, 6.45) is 1.65. The standard InChI is InChI=1S/C16H16Cl2N2/c17-13-6-5-10(9-14(13)18)16(20)8-7-15(19)11-3-1-2-4-12(11)16/h1-6,9,15H,7-8,19-20H2. The first kappa shape index (κ1) is 13.9. The van der Waals surface area contributed by atoms with Gasteiger partial charge in [-0.2, -0.15) is 0 Å². The van der Waals surface area contributed by atoms with Gasteiger partial charge in [-0.3, -0.25) is 0 Å². The molecule has 1 aliphatic carbocycles. The van der Waals surface area contributed by atoms with E-state index < -0.39 is 5.54 Å². The molecule has 0 fully saturated rings. The minimum atomic E-state index is -0.555. The third-order valence-corrected chi connectivity index (χ3v) is 4.86. The molecule has 0 spiro atoms. The Morgan fingerprint density at radius 1 is 1.05 bits per heavy atom. The van der Waals surface area contributed by atoms with Crippen LogP contribution >= 0.6 is 23.2 Å². The molecule has 104 valence electrons. The Bertz CT molecular complexity index is 657. The molecule has 0 saturated heterocycles. The molecule has 0 aliphatic heterocycles. The van der Waals surface area contributed by atoms with Crippen LogP contribution in [-0.4, -0.2) is 0 Å². The van der Waals surface area contributed by atoms with Gasteiger partial charge in [-0.25, -0.2) is 0 Å². The van der Waals surface area contributed by atoms with Crippen molar-refractivity contribution in [2.24, 2.45) is 11.5 Å². The zero-order valence-electron chi connectivity index (χ0n) is 10.9. The lowest BCUT2D eigenvalue weighted by atomic mass is 9.71. The molecule has 4 N–H and O–H groups in total. The molecule has 20 heavy (non-hydrogen) atoms. The molecule has 4 heteroatoms. The van der Waals surface area contributed by atoms with Crippen molar-refractivity contribution in [3.8, 4) is 0 Å². The Hall–Kier alpha value is -1.06. The average molecular weight is 307 g/mol.